The summed E-state index contributed by atoms with van der Waals surface area (Å²) in [4.78, 5) is 45.5. The Morgan fingerprint density at radius 1 is 0.692 bits per heavy atom. The molecule has 2 aliphatic rings. The van der Waals surface area contributed by atoms with E-state index < -0.39 is 36.2 Å². The molecule has 4 aromatic carbocycles. The summed E-state index contributed by atoms with van der Waals surface area (Å²) in [5.41, 5.74) is 4.51. The summed E-state index contributed by atoms with van der Waals surface area (Å²) in [6.45, 7) is 2.62. The molecule has 3 heterocycles. The first-order valence-electron chi connectivity index (χ1n) is 17.3. The maximum absolute atomic E-state index is 13.5. The molecule has 52 heavy (non-hydrogen) atoms. The molecular formula is C42H39N3O7. The van der Waals surface area contributed by atoms with Gasteiger partial charge in [0.25, 0.3) is 11.8 Å². The lowest BCUT2D eigenvalue weighted by molar-refractivity contribution is -0.114. The molecule has 0 spiro atoms. The van der Waals surface area contributed by atoms with Gasteiger partial charge in [-0.15, -0.1) is 0 Å². The van der Waals surface area contributed by atoms with E-state index in [4.69, 9.17) is 18.9 Å². The highest BCUT2D eigenvalue weighted by Gasteiger charge is 2.47. The number of carbonyl (C=O) groups excluding carboxylic acids is 3. The molecule has 1 saturated heterocycles. The van der Waals surface area contributed by atoms with Gasteiger partial charge in [-0.05, 0) is 34.9 Å². The third-order valence-corrected chi connectivity index (χ3v) is 9.11. The van der Waals surface area contributed by atoms with Crippen LogP contribution < -0.4 is 10.2 Å². The molecule has 5 aromatic rings. The van der Waals surface area contributed by atoms with E-state index >= 15 is 0 Å². The van der Waals surface area contributed by atoms with Crippen LogP contribution in [0.5, 0.6) is 0 Å². The van der Waals surface area contributed by atoms with Gasteiger partial charge >= 0.3 is 0 Å². The molecule has 0 aliphatic carbocycles. The SMILES string of the molecule is CC(=O)Nc1c(N2C(=O)c3ccccc3C2=O)ccnc1C[C@@H]1O[C@H](COCc2ccccc2)C(OCc2ccccc2)C1OCc1ccccc1. The number of anilines is 2. The molecule has 264 valence electrons. The molecule has 10 heteroatoms. The maximum Gasteiger partial charge on any atom is 0.266 e. The van der Waals surface area contributed by atoms with E-state index in [2.05, 4.69) is 10.3 Å². The smallest absolute Gasteiger partial charge is 0.266 e. The minimum Gasteiger partial charge on any atom is -0.374 e. The van der Waals surface area contributed by atoms with Crippen LogP contribution in [0.25, 0.3) is 0 Å². The normalized spacial score (nSPS) is 19.5. The lowest BCUT2D eigenvalue weighted by Crippen LogP contribution is -2.39. The van der Waals surface area contributed by atoms with Gasteiger partial charge in [-0.25, -0.2) is 4.90 Å². The lowest BCUT2D eigenvalue weighted by atomic mass is 10.0. The lowest BCUT2D eigenvalue weighted by Gasteiger charge is -2.26. The number of aromatic nitrogens is 1. The summed E-state index contributed by atoms with van der Waals surface area (Å²) in [5.74, 6) is -1.33. The van der Waals surface area contributed by atoms with Crippen molar-refractivity contribution in [3.8, 4) is 0 Å². The Morgan fingerprint density at radius 3 is 1.73 bits per heavy atom. The summed E-state index contributed by atoms with van der Waals surface area (Å²) in [7, 11) is 0. The minimum atomic E-state index is -0.604. The topological polar surface area (TPSA) is 116 Å². The van der Waals surface area contributed by atoms with Gasteiger partial charge < -0.3 is 24.3 Å². The zero-order chi connectivity index (χ0) is 35.9. The average Bonchev–Trinajstić information content (AvgIpc) is 3.63. The number of fused-ring (bicyclic) bond motifs is 1. The predicted molar refractivity (Wildman–Crippen MR) is 195 cm³/mol. The Labute approximate surface area is 302 Å². The molecular weight excluding hydrogens is 658 g/mol. The van der Waals surface area contributed by atoms with Crippen molar-refractivity contribution in [3.63, 3.8) is 0 Å². The molecule has 10 nitrogen and oxygen atoms in total. The zero-order valence-corrected chi connectivity index (χ0v) is 28.7. The quantitative estimate of drug-likeness (QED) is 0.130. The second-order valence-corrected chi connectivity index (χ2v) is 12.8. The molecule has 1 aromatic heterocycles. The Bertz CT molecular complexity index is 1970. The van der Waals surface area contributed by atoms with Gasteiger partial charge in [-0.2, -0.15) is 0 Å². The molecule has 0 saturated carbocycles. The number of hydrogen-bond acceptors (Lipinski definition) is 8. The van der Waals surface area contributed by atoms with Gasteiger partial charge in [0.2, 0.25) is 5.91 Å². The van der Waals surface area contributed by atoms with Gasteiger partial charge in [-0.1, -0.05) is 103 Å². The van der Waals surface area contributed by atoms with Crippen molar-refractivity contribution in [3.05, 3.63) is 161 Å². The summed E-state index contributed by atoms with van der Waals surface area (Å²) in [6, 6.07) is 37.9. The van der Waals surface area contributed by atoms with Crippen LogP contribution in [0.4, 0.5) is 11.4 Å². The van der Waals surface area contributed by atoms with Crippen molar-refractivity contribution in [2.75, 3.05) is 16.8 Å². The van der Waals surface area contributed by atoms with Crippen molar-refractivity contribution in [2.24, 2.45) is 0 Å². The number of amides is 3. The second kappa shape index (κ2) is 16.2. The van der Waals surface area contributed by atoms with Crippen molar-refractivity contribution >= 4 is 29.1 Å². The van der Waals surface area contributed by atoms with Gasteiger partial charge in [0, 0.05) is 19.5 Å². The third kappa shape index (κ3) is 7.85. The third-order valence-electron chi connectivity index (χ3n) is 9.11. The highest BCUT2D eigenvalue weighted by atomic mass is 16.6. The number of ether oxygens (including phenoxy) is 4. The molecule has 2 aliphatic heterocycles. The first-order chi connectivity index (χ1) is 25.5. The number of imide groups is 1. The van der Waals surface area contributed by atoms with Crippen LogP contribution in [-0.2, 0) is 50.0 Å². The summed E-state index contributed by atoms with van der Waals surface area (Å²) >= 11 is 0. The number of hydrogen-bond donors (Lipinski definition) is 1. The first kappa shape index (κ1) is 34.9. The zero-order valence-electron chi connectivity index (χ0n) is 28.7. The van der Waals surface area contributed by atoms with Gasteiger partial charge in [0.15, 0.2) is 0 Å². The van der Waals surface area contributed by atoms with E-state index in [9.17, 15) is 14.4 Å². The van der Waals surface area contributed by atoms with Crippen LogP contribution in [0.1, 0.15) is 50.0 Å². The first-order valence-corrected chi connectivity index (χ1v) is 17.3. The van der Waals surface area contributed by atoms with E-state index in [1.807, 2.05) is 91.0 Å². The molecule has 3 amide bonds. The van der Waals surface area contributed by atoms with Crippen molar-refractivity contribution < 1.29 is 33.3 Å². The van der Waals surface area contributed by atoms with Crippen molar-refractivity contribution in [1.82, 2.24) is 4.98 Å². The van der Waals surface area contributed by atoms with Crippen LogP contribution >= 0.6 is 0 Å². The monoisotopic (exact) mass is 697 g/mol. The van der Waals surface area contributed by atoms with Crippen LogP contribution in [0.15, 0.2) is 128 Å². The number of nitrogens with one attached hydrogen (secondary N) is 1. The Morgan fingerprint density at radius 2 is 1.19 bits per heavy atom. The molecule has 0 bridgehead atoms. The van der Waals surface area contributed by atoms with E-state index in [-0.39, 0.29) is 30.3 Å². The molecule has 7 rings (SSSR count). The number of pyridine rings is 1. The van der Waals surface area contributed by atoms with Crippen LogP contribution in [0, 0.1) is 0 Å². The Balaban J connectivity index is 1.21. The second-order valence-electron chi connectivity index (χ2n) is 12.8. The standard InChI is InChI=1S/C42H39N3O7/c1-28(46)44-38-34(43-22-21-35(38)45-41(47)32-19-11-12-20-33(32)42(45)48)23-36-39(50-25-30-15-7-3-8-16-30)40(51-26-31-17-9-4-10-18-31)37(52-36)27-49-24-29-13-5-2-6-14-29/h2-22,36-37,39-40H,23-27H2,1H3,(H,44,46)/t36-,37+,39?,40?/m0/s1. The Kier molecular flexibility index (Phi) is 10.9. The number of rotatable bonds is 14. The fraction of sp³-hybridized carbons (Fsp3) is 0.238. The Hall–Kier alpha value is -5.52. The molecule has 0 radical (unpaired) electrons. The van der Waals surface area contributed by atoms with Crippen molar-refractivity contribution in [1.29, 1.82) is 0 Å². The highest BCUT2D eigenvalue weighted by molar-refractivity contribution is 6.35. The number of nitrogens with zero attached hydrogens (tertiary/aromatic N) is 2. The summed E-state index contributed by atoms with van der Waals surface area (Å²) in [5, 5.41) is 2.86. The predicted octanol–water partition coefficient (Wildman–Crippen LogP) is 6.54. The van der Waals surface area contributed by atoms with Gasteiger partial charge in [-0.3, -0.25) is 19.4 Å². The largest absolute Gasteiger partial charge is 0.374 e. The maximum atomic E-state index is 13.5. The van der Waals surface area contributed by atoms with Crippen LogP contribution in [-0.4, -0.2) is 53.7 Å². The summed E-state index contributed by atoms with van der Waals surface area (Å²) < 4.78 is 26.2. The van der Waals surface area contributed by atoms with Gasteiger partial charge in [0.05, 0.1) is 60.7 Å². The number of carbonyl (C=O) groups is 3. The minimum absolute atomic E-state index is 0.173. The molecule has 2 unspecified atom stereocenters. The average molecular weight is 698 g/mol. The van der Waals surface area contributed by atoms with E-state index in [0.717, 1.165) is 21.6 Å². The molecule has 1 fully saturated rings. The fourth-order valence-corrected chi connectivity index (χ4v) is 6.65. The molecule has 1 N–H and O–H groups in total. The van der Waals surface area contributed by atoms with E-state index in [1.54, 1.807) is 30.3 Å². The highest BCUT2D eigenvalue weighted by Crippen LogP contribution is 2.38. The fourth-order valence-electron chi connectivity index (χ4n) is 6.65. The van der Waals surface area contributed by atoms with Crippen LogP contribution in [0.3, 0.4) is 0 Å². The van der Waals surface area contributed by atoms with E-state index in [1.165, 1.54) is 13.1 Å². The number of benzene rings is 4. The van der Waals surface area contributed by atoms with Gasteiger partial charge in [0.1, 0.15) is 18.3 Å². The van der Waals surface area contributed by atoms with Crippen LogP contribution in [0.2, 0.25) is 0 Å². The van der Waals surface area contributed by atoms with Crippen molar-refractivity contribution in [2.45, 2.75) is 57.6 Å². The molecule has 4 atom stereocenters. The summed E-state index contributed by atoms with van der Waals surface area (Å²) in [6.07, 6.45) is -0.531. The van der Waals surface area contributed by atoms with E-state index in [0.29, 0.717) is 36.6 Å².